The van der Waals surface area contributed by atoms with Gasteiger partial charge in [0.2, 0.25) is 21.9 Å². The van der Waals surface area contributed by atoms with Crippen LogP contribution in [0.15, 0.2) is 4.99 Å². The van der Waals surface area contributed by atoms with Crippen molar-refractivity contribution < 1.29 is 17.9 Å². The van der Waals surface area contributed by atoms with Crippen LogP contribution < -0.4 is 10.0 Å². The third-order valence-corrected chi connectivity index (χ3v) is 7.49. The lowest BCUT2D eigenvalue weighted by atomic mass is 9.87. The van der Waals surface area contributed by atoms with Gasteiger partial charge in [-0.15, -0.1) is 0 Å². The third-order valence-electron chi connectivity index (χ3n) is 6.94. The van der Waals surface area contributed by atoms with E-state index >= 15 is 0 Å². The standard InChI is InChI=1S/C24H42N6O4S/c1-23(2,3)16-20(26-22(28-35(4,32)33)29-12-14-34-15-13-29)21(31)27-24(17-25)10-11-30(18-24)19-8-6-5-7-9-19/h19-20H,5-16,18H2,1-4H3,(H,26,28)(H,27,31). The van der Waals surface area contributed by atoms with Crippen molar-refractivity contribution in [2.45, 2.75) is 83.3 Å². The van der Waals surface area contributed by atoms with Gasteiger partial charge in [-0.1, -0.05) is 40.0 Å². The van der Waals surface area contributed by atoms with Crippen molar-refractivity contribution in [3.63, 3.8) is 0 Å². The van der Waals surface area contributed by atoms with E-state index in [1.807, 2.05) is 20.8 Å². The number of morpholine rings is 1. The number of rotatable bonds is 6. The number of sulfonamides is 1. The number of nitrogens with zero attached hydrogens (tertiary/aromatic N) is 4. The first-order chi connectivity index (χ1) is 16.4. The Morgan fingerprint density at radius 3 is 2.43 bits per heavy atom. The Hall–Kier alpha value is -1.90. The fraction of sp³-hybridized carbons (Fsp3) is 0.875. The maximum atomic E-state index is 13.6. The molecule has 1 saturated carbocycles. The van der Waals surface area contributed by atoms with Crippen LogP contribution in [0.2, 0.25) is 0 Å². The van der Waals surface area contributed by atoms with Crippen LogP contribution in [0, 0.1) is 16.7 Å². The highest BCUT2D eigenvalue weighted by Crippen LogP contribution is 2.30. The summed E-state index contributed by atoms with van der Waals surface area (Å²) in [4.78, 5) is 22.4. The SMILES string of the molecule is CC(C)(C)CC(N=C(NS(C)(=O)=O)N1CCOCC1)C(=O)NC1(C#N)CCN(C2CCCCC2)C1. The Bertz CT molecular complexity index is 913. The van der Waals surface area contributed by atoms with E-state index in [9.17, 15) is 18.5 Å². The van der Waals surface area contributed by atoms with Crippen LogP contribution >= 0.6 is 0 Å². The summed E-state index contributed by atoms with van der Waals surface area (Å²) < 4.78 is 32.1. The molecule has 2 atom stereocenters. The van der Waals surface area contributed by atoms with Crippen LogP contribution in [0.3, 0.4) is 0 Å². The smallest absolute Gasteiger partial charge is 0.246 e. The Morgan fingerprint density at radius 1 is 1.20 bits per heavy atom. The average molecular weight is 511 g/mol. The van der Waals surface area contributed by atoms with Crippen molar-refractivity contribution in [1.29, 1.82) is 5.26 Å². The first kappa shape index (κ1) is 27.7. The van der Waals surface area contributed by atoms with E-state index in [0.717, 1.165) is 25.6 Å². The summed E-state index contributed by atoms with van der Waals surface area (Å²) in [6, 6.07) is 2.03. The number of nitrogens with one attached hydrogen (secondary N) is 2. The molecule has 198 valence electrons. The summed E-state index contributed by atoms with van der Waals surface area (Å²) >= 11 is 0. The zero-order valence-electron chi connectivity index (χ0n) is 21.7. The van der Waals surface area contributed by atoms with Gasteiger partial charge in [-0.05, 0) is 31.1 Å². The molecule has 1 aliphatic carbocycles. The molecule has 10 nitrogen and oxygen atoms in total. The van der Waals surface area contributed by atoms with Crippen molar-refractivity contribution in [2.24, 2.45) is 10.4 Å². The molecule has 2 saturated heterocycles. The number of hydrogen-bond acceptors (Lipinski definition) is 7. The molecule has 2 heterocycles. The molecule has 3 rings (SSSR count). The lowest BCUT2D eigenvalue weighted by molar-refractivity contribution is -0.124. The number of amides is 1. The fourth-order valence-electron chi connectivity index (χ4n) is 5.18. The lowest BCUT2D eigenvalue weighted by Crippen LogP contribution is -2.54. The van der Waals surface area contributed by atoms with Crippen LogP contribution in [0.5, 0.6) is 0 Å². The van der Waals surface area contributed by atoms with E-state index in [1.54, 1.807) is 4.90 Å². The van der Waals surface area contributed by atoms with Gasteiger partial charge in [0.25, 0.3) is 0 Å². The number of aliphatic imine (C=N–C) groups is 1. The summed E-state index contributed by atoms with van der Waals surface area (Å²) in [6.45, 7) is 9.22. The zero-order chi connectivity index (χ0) is 25.7. The Morgan fingerprint density at radius 2 is 1.86 bits per heavy atom. The van der Waals surface area contributed by atoms with Gasteiger partial charge >= 0.3 is 0 Å². The first-order valence-corrected chi connectivity index (χ1v) is 14.6. The highest BCUT2D eigenvalue weighted by molar-refractivity contribution is 7.89. The van der Waals surface area contributed by atoms with E-state index in [2.05, 4.69) is 26.0 Å². The zero-order valence-corrected chi connectivity index (χ0v) is 22.5. The molecule has 35 heavy (non-hydrogen) atoms. The largest absolute Gasteiger partial charge is 0.378 e. The molecule has 1 amide bonds. The van der Waals surface area contributed by atoms with Crippen LogP contribution in [0.4, 0.5) is 0 Å². The van der Waals surface area contributed by atoms with Gasteiger partial charge in [-0.2, -0.15) is 5.26 Å². The minimum Gasteiger partial charge on any atom is -0.378 e. The van der Waals surface area contributed by atoms with Gasteiger partial charge in [0, 0.05) is 32.2 Å². The molecular formula is C24H42N6O4S. The minimum atomic E-state index is -3.60. The molecule has 2 unspecified atom stereocenters. The molecule has 0 aromatic rings. The molecule has 3 aliphatic rings. The van der Waals surface area contributed by atoms with Crippen molar-refractivity contribution in [2.75, 3.05) is 45.6 Å². The van der Waals surface area contributed by atoms with Gasteiger partial charge < -0.3 is 15.0 Å². The average Bonchev–Trinajstić information content (AvgIpc) is 3.22. The number of carbonyl (C=O) groups excluding carboxylic acids is 1. The van der Waals surface area contributed by atoms with Crippen molar-refractivity contribution in [3.05, 3.63) is 0 Å². The fourth-order valence-corrected chi connectivity index (χ4v) is 5.69. The molecule has 0 spiro atoms. The van der Waals surface area contributed by atoms with Gasteiger partial charge in [0.1, 0.15) is 11.6 Å². The lowest BCUT2D eigenvalue weighted by Gasteiger charge is -2.33. The van der Waals surface area contributed by atoms with Crippen molar-refractivity contribution in [1.82, 2.24) is 19.8 Å². The summed E-state index contributed by atoms with van der Waals surface area (Å²) in [5.74, 6) is -0.186. The van der Waals surface area contributed by atoms with Crippen LogP contribution in [-0.4, -0.2) is 93.4 Å². The highest BCUT2D eigenvalue weighted by Gasteiger charge is 2.43. The Kier molecular flexibility index (Phi) is 9.05. The molecule has 3 fully saturated rings. The monoisotopic (exact) mass is 510 g/mol. The van der Waals surface area contributed by atoms with E-state index in [-0.39, 0.29) is 17.3 Å². The van der Waals surface area contributed by atoms with E-state index < -0.39 is 21.6 Å². The first-order valence-electron chi connectivity index (χ1n) is 12.8. The summed E-state index contributed by atoms with van der Waals surface area (Å²) in [5.41, 5.74) is -1.19. The Balaban J connectivity index is 1.82. The van der Waals surface area contributed by atoms with Crippen molar-refractivity contribution in [3.8, 4) is 6.07 Å². The second-order valence-electron chi connectivity index (χ2n) is 11.4. The summed E-state index contributed by atoms with van der Waals surface area (Å²) in [5, 5.41) is 13.1. The van der Waals surface area contributed by atoms with Gasteiger partial charge in [-0.25, -0.2) is 13.4 Å². The minimum absolute atomic E-state index is 0.154. The van der Waals surface area contributed by atoms with Crippen molar-refractivity contribution >= 4 is 21.9 Å². The number of likely N-dealkylation sites (tertiary alicyclic amines) is 1. The number of hydrogen-bond donors (Lipinski definition) is 2. The summed E-state index contributed by atoms with van der Waals surface area (Å²) in [7, 11) is -3.60. The number of nitriles is 1. The van der Waals surface area contributed by atoms with E-state index in [4.69, 9.17) is 4.74 Å². The molecule has 0 bridgehead atoms. The van der Waals surface area contributed by atoms with E-state index in [1.165, 1.54) is 19.3 Å². The number of ether oxygens (including phenoxy) is 1. The molecule has 0 aromatic heterocycles. The highest BCUT2D eigenvalue weighted by atomic mass is 32.2. The van der Waals surface area contributed by atoms with Gasteiger partial charge in [-0.3, -0.25) is 14.4 Å². The topological polar surface area (TPSA) is 127 Å². The molecule has 11 heteroatoms. The third kappa shape index (κ3) is 8.33. The molecular weight excluding hydrogens is 468 g/mol. The molecule has 2 aliphatic heterocycles. The predicted molar refractivity (Wildman–Crippen MR) is 135 cm³/mol. The van der Waals surface area contributed by atoms with Gasteiger partial charge in [0.15, 0.2) is 0 Å². The molecule has 2 N–H and O–H groups in total. The number of carbonyl (C=O) groups is 1. The Labute approximate surface area is 210 Å². The maximum absolute atomic E-state index is 13.6. The second kappa shape index (κ2) is 11.4. The van der Waals surface area contributed by atoms with Crippen LogP contribution in [-0.2, 0) is 19.6 Å². The van der Waals surface area contributed by atoms with Crippen LogP contribution in [0.1, 0.15) is 65.7 Å². The molecule has 0 aromatic carbocycles. The normalized spacial score (nSPS) is 26.3. The predicted octanol–water partition coefficient (Wildman–Crippen LogP) is 1.45. The van der Waals surface area contributed by atoms with E-state index in [0.29, 0.717) is 51.7 Å². The molecule has 0 radical (unpaired) electrons. The number of guanidine groups is 1. The van der Waals surface area contributed by atoms with Crippen LogP contribution in [0.25, 0.3) is 0 Å². The second-order valence-corrected chi connectivity index (χ2v) is 13.2. The maximum Gasteiger partial charge on any atom is 0.246 e. The summed E-state index contributed by atoms with van der Waals surface area (Å²) in [6.07, 6.45) is 8.05. The van der Waals surface area contributed by atoms with Gasteiger partial charge in [0.05, 0.1) is 25.5 Å². The quantitative estimate of drug-likeness (QED) is 0.409.